The highest BCUT2D eigenvalue weighted by Gasteiger charge is 2.48. The number of carbonyl (C=O) groups is 1. The topological polar surface area (TPSA) is 76.0 Å². The van der Waals surface area contributed by atoms with Crippen LogP contribution in [0.15, 0.2) is 30.3 Å². The summed E-state index contributed by atoms with van der Waals surface area (Å²) in [5, 5.41) is 18.8. The molecule has 0 aromatic heterocycles. The molecule has 1 saturated heterocycles. The molecule has 1 aliphatic heterocycles. The Balaban J connectivity index is 2.01. The van der Waals surface area contributed by atoms with Gasteiger partial charge in [-0.3, -0.25) is 4.79 Å². The third-order valence-electron chi connectivity index (χ3n) is 3.30. The van der Waals surface area contributed by atoms with Gasteiger partial charge in [0.05, 0.1) is 6.61 Å². The number of Topliss-reactive ketones (excluding diaryl/α,β-unsaturated/α-hetero) is 1. The van der Waals surface area contributed by atoms with Crippen LogP contribution in [-0.4, -0.2) is 47.5 Å². The molecule has 1 aromatic carbocycles. The van der Waals surface area contributed by atoms with Crippen LogP contribution in [0.2, 0.25) is 0 Å². The van der Waals surface area contributed by atoms with Crippen molar-refractivity contribution in [3.05, 3.63) is 35.9 Å². The Morgan fingerprint density at radius 1 is 1.35 bits per heavy atom. The highest BCUT2D eigenvalue weighted by atomic mass is 16.6. The molecule has 0 amide bonds. The van der Waals surface area contributed by atoms with Gasteiger partial charge in [0, 0.05) is 6.61 Å². The average Bonchev–Trinajstić information content (AvgIpc) is 2.49. The minimum Gasteiger partial charge on any atom is -0.394 e. The van der Waals surface area contributed by atoms with Crippen molar-refractivity contribution in [3.63, 3.8) is 0 Å². The minimum atomic E-state index is -1.12. The maximum atomic E-state index is 12.2. The minimum absolute atomic E-state index is 0.121. The molecule has 4 atom stereocenters. The van der Waals surface area contributed by atoms with Crippen LogP contribution in [0.1, 0.15) is 25.0 Å². The lowest BCUT2D eigenvalue weighted by Crippen LogP contribution is -2.56. The van der Waals surface area contributed by atoms with E-state index in [-0.39, 0.29) is 5.78 Å². The van der Waals surface area contributed by atoms with Gasteiger partial charge in [0.2, 0.25) is 0 Å². The summed E-state index contributed by atoms with van der Waals surface area (Å²) in [6.45, 7) is 1.88. The van der Waals surface area contributed by atoms with Crippen molar-refractivity contribution in [3.8, 4) is 0 Å². The van der Waals surface area contributed by atoms with Gasteiger partial charge in [0.1, 0.15) is 24.4 Å². The van der Waals surface area contributed by atoms with E-state index >= 15 is 0 Å². The number of rotatable bonds is 7. The Morgan fingerprint density at radius 2 is 2.05 bits per heavy atom. The molecule has 0 saturated carbocycles. The maximum absolute atomic E-state index is 12.2. The first-order chi connectivity index (χ1) is 9.69. The van der Waals surface area contributed by atoms with Crippen molar-refractivity contribution < 1.29 is 24.5 Å². The molecule has 0 bridgehead atoms. The van der Waals surface area contributed by atoms with Crippen molar-refractivity contribution in [2.24, 2.45) is 0 Å². The summed E-state index contributed by atoms with van der Waals surface area (Å²) in [5.74, 6) is -0.121. The smallest absolute Gasteiger partial charge is 0.197 e. The number of hydrogen-bond donors (Lipinski definition) is 2. The lowest BCUT2D eigenvalue weighted by atomic mass is 9.90. The first kappa shape index (κ1) is 15.1. The van der Waals surface area contributed by atoms with Crippen LogP contribution in [0, 0.1) is 0 Å². The number of aliphatic hydroxyl groups excluding tert-OH is 2. The lowest BCUT2D eigenvalue weighted by molar-refractivity contribution is -0.207. The van der Waals surface area contributed by atoms with Crippen molar-refractivity contribution in [1.82, 2.24) is 0 Å². The van der Waals surface area contributed by atoms with Crippen molar-refractivity contribution in [1.29, 1.82) is 0 Å². The second kappa shape index (κ2) is 6.95. The van der Waals surface area contributed by atoms with Gasteiger partial charge < -0.3 is 19.7 Å². The molecule has 2 N–H and O–H groups in total. The zero-order valence-corrected chi connectivity index (χ0v) is 11.4. The first-order valence-corrected chi connectivity index (χ1v) is 6.83. The van der Waals surface area contributed by atoms with Gasteiger partial charge in [-0.05, 0) is 12.0 Å². The molecule has 2 rings (SSSR count). The third kappa shape index (κ3) is 3.07. The van der Waals surface area contributed by atoms with E-state index in [0.29, 0.717) is 6.61 Å². The van der Waals surface area contributed by atoms with Crippen LogP contribution in [0.4, 0.5) is 0 Å². The van der Waals surface area contributed by atoms with Crippen LogP contribution in [-0.2, 0) is 14.3 Å². The van der Waals surface area contributed by atoms with Crippen LogP contribution in [0.25, 0.3) is 0 Å². The quantitative estimate of drug-likeness (QED) is 0.774. The van der Waals surface area contributed by atoms with Gasteiger partial charge in [-0.2, -0.15) is 0 Å². The Morgan fingerprint density at radius 3 is 2.60 bits per heavy atom. The first-order valence-electron chi connectivity index (χ1n) is 6.83. The van der Waals surface area contributed by atoms with Gasteiger partial charge in [-0.1, -0.05) is 37.3 Å². The molecule has 1 heterocycles. The zero-order chi connectivity index (χ0) is 14.5. The lowest BCUT2D eigenvalue weighted by Gasteiger charge is -2.40. The van der Waals surface area contributed by atoms with Gasteiger partial charge >= 0.3 is 0 Å². The van der Waals surface area contributed by atoms with Crippen molar-refractivity contribution in [2.45, 2.75) is 37.8 Å². The molecule has 1 unspecified atom stereocenters. The van der Waals surface area contributed by atoms with E-state index in [4.69, 9.17) is 14.6 Å². The predicted octanol–water partition coefficient (Wildman–Crippen LogP) is 0.844. The van der Waals surface area contributed by atoms with Gasteiger partial charge in [-0.15, -0.1) is 0 Å². The van der Waals surface area contributed by atoms with Crippen LogP contribution >= 0.6 is 0 Å². The van der Waals surface area contributed by atoms with Crippen molar-refractivity contribution in [2.75, 3.05) is 13.2 Å². The van der Waals surface area contributed by atoms with Gasteiger partial charge in [0.15, 0.2) is 5.78 Å². The molecule has 1 aromatic rings. The molecular formula is C15H20O5. The molecule has 0 aliphatic carbocycles. The summed E-state index contributed by atoms with van der Waals surface area (Å²) < 4.78 is 11.0. The van der Waals surface area contributed by atoms with E-state index in [1.54, 1.807) is 0 Å². The highest BCUT2D eigenvalue weighted by Crippen LogP contribution is 2.34. The number of hydrogen-bond acceptors (Lipinski definition) is 5. The molecule has 1 aliphatic rings. The Bertz CT molecular complexity index is 433. The summed E-state index contributed by atoms with van der Waals surface area (Å²) in [6, 6.07) is 9.19. The number of ether oxygens (including phenoxy) is 2. The molecule has 20 heavy (non-hydrogen) atoms. The molecule has 5 nitrogen and oxygen atoms in total. The van der Waals surface area contributed by atoms with Crippen molar-refractivity contribution >= 4 is 5.78 Å². The maximum Gasteiger partial charge on any atom is 0.197 e. The average molecular weight is 280 g/mol. The molecular weight excluding hydrogens is 260 g/mol. The van der Waals surface area contributed by atoms with Gasteiger partial charge in [-0.25, -0.2) is 0 Å². The normalized spacial score (nSPS) is 25.1. The largest absolute Gasteiger partial charge is 0.394 e. The summed E-state index contributed by atoms with van der Waals surface area (Å²) in [7, 11) is 0. The fourth-order valence-electron chi connectivity index (χ4n) is 2.23. The van der Waals surface area contributed by atoms with Crippen LogP contribution in [0.5, 0.6) is 0 Å². The molecule has 0 radical (unpaired) electrons. The SMILES string of the molecule is CCCO[C@@H]([C@H](O)CO)[C@H]1OC(c2ccccc2)C1=O. The zero-order valence-electron chi connectivity index (χ0n) is 11.4. The molecule has 110 valence electrons. The Labute approximate surface area is 118 Å². The van der Waals surface area contributed by atoms with Crippen LogP contribution in [0.3, 0.4) is 0 Å². The number of benzene rings is 1. The summed E-state index contributed by atoms with van der Waals surface area (Å²) >= 11 is 0. The monoisotopic (exact) mass is 280 g/mol. The van der Waals surface area contributed by atoms with E-state index in [1.807, 2.05) is 37.3 Å². The summed E-state index contributed by atoms with van der Waals surface area (Å²) in [6.07, 6.45) is -2.58. The van der Waals surface area contributed by atoms with E-state index in [2.05, 4.69) is 0 Å². The second-order valence-corrected chi connectivity index (χ2v) is 4.84. The predicted molar refractivity (Wildman–Crippen MR) is 72.2 cm³/mol. The van der Waals surface area contributed by atoms with Gasteiger partial charge in [0.25, 0.3) is 0 Å². The summed E-state index contributed by atoms with van der Waals surface area (Å²) in [5.41, 5.74) is 0.793. The number of ketones is 1. The standard InChI is InChI=1S/C15H20O5/c1-2-8-19-14(11(17)9-16)15-12(18)13(20-15)10-6-4-3-5-7-10/h3-7,11,13-17H,2,8-9H2,1H3/t11-,13?,14+,15+/m1/s1. The Hall–Kier alpha value is -1.27. The fraction of sp³-hybridized carbons (Fsp3) is 0.533. The number of carbonyl (C=O) groups excluding carboxylic acids is 1. The van der Waals surface area contributed by atoms with E-state index < -0.39 is 31.0 Å². The van der Waals surface area contributed by atoms with E-state index in [0.717, 1.165) is 12.0 Å². The molecule has 0 spiro atoms. The highest BCUT2D eigenvalue weighted by molar-refractivity contribution is 5.93. The fourth-order valence-corrected chi connectivity index (χ4v) is 2.23. The van der Waals surface area contributed by atoms with E-state index in [9.17, 15) is 9.90 Å². The number of aliphatic hydroxyl groups is 2. The second-order valence-electron chi connectivity index (χ2n) is 4.84. The summed E-state index contributed by atoms with van der Waals surface area (Å²) in [4.78, 5) is 12.2. The molecule has 1 fully saturated rings. The molecule has 5 heteroatoms. The third-order valence-corrected chi connectivity index (χ3v) is 3.30. The Kier molecular flexibility index (Phi) is 5.25. The van der Waals surface area contributed by atoms with E-state index in [1.165, 1.54) is 0 Å². The van der Waals surface area contributed by atoms with Crippen LogP contribution < -0.4 is 0 Å².